The van der Waals surface area contributed by atoms with E-state index < -0.39 is 0 Å². The average Bonchev–Trinajstić information content (AvgIpc) is 2.59. The minimum atomic E-state index is -0.0283. The van der Waals surface area contributed by atoms with Crippen molar-refractivity contribution in [1.29, 1.82) is 0 Å². The third kappa shape index (κ3) is 1.96. The molecule has 0 saturated carbocycles. The monoisotopic (exact) mass is 235 g/mol. The molecule has 0 bridgehead atoms. The van der Waals surface area contributed by atoms with Crippen molar-refractivity contribution >= 4 is 11.6 Å². The van der Waals surface area contributed by atoms with Crippen LogP contribution in [0.5, 0.6) is 0 Å². The molecule has 0 spiro atoms. The van der Waals surface area contributed by atoms with Crippen molar-refractivity contribution in [3.8, 4) is 5.69 Å². The molecule has 0 aliphatic rings. The van der Waals surface area contributed by atoms with Crippen LogP contribution >= 0.6 is 11.6 Å². The molecule has 84 valence electrons. The van der Waals surface area contributed by atoms with E-state index in [0.717, 1.165) is 16.9 Å². The number of aryl methyl sites for hydroxylation is 1. The number of para-hydroxylation sites is 1. The quantitative estimate of drug-likeness (QED) is 0.870. The zero-order chi connectivity index (χ0) is 11.7. The van der Waals surface area contributed by atoms with E-state index in [2.05, 4.69) is 5.10 Å². The summed E-state index contributed by atoms with van der Waals surface area (Å²) in [7, 11) is 0. The predicted octanol–water partition coefficient (Wildman–Crippen LogP) is 2.85. The fourth-order valence-electron chi connectivity index (χ4n) is 1.64. The van der Waals surface area contributed by atoms with E-state index in [-0.39, 0.29) is 6.04 Å². The summed E-state index contributed by atoms with van der Waals surface area (Å²) in [6.07, 6.45) is 1.80. The van der Waals surface area contributed by atoms with E-state index in [1.165, 1.54) is 0 Å². The predicted molar refractivity (Wildman–Crippen MR) is 65.9 cm³/mol. The van der Waals surface area contributed by atoms with E-state index in [1.807, 2.05) is 38.1 Å². The lowest BCUT2D eigenvalue weighted by Crippen LogP contribution is -2.10. The molecule has 16 heavy (non-hydrogen) atoms. The molecular formula is C12H14ClN3. The summed E-state index contributed by atoms with van der Waals surface area (Å²) in [6, 6.07) is 7.90. The molecular weight excluding hydrogens is 222 g/mol. The van der Waals surface area contributed by atoms with Crippen LogP contribution in [-0.4, -0.2) is 9.78 Å². The minimum absolute atomic E-state index is 0.0283. The number of nitrogens with zero attached hydrogens (tertiary/aromatic N) is 2. The summed E-state index contributed by atoms with van der Waals surface area (Å²) in [5, 5.41) is 5.02. The van der Waals surface area contributed by atoms with Crippen molar-refractivity contribution in [2.45, 2.75) is 19.9 Å². The molecule has 0 unspecified atom stereocenters. The molecule has 1 heterocycles. The van der Waals surface area contributed by atoms with Gasteiger partial charge in [-0.15, -0.1) is 0 Å². The maximum Gasteiger partial charge on any atom is 0.0819 e. The summed E-state index contributed by atoms with van der Waals surface area (Å²) in [4.78, 5) is 0. The molecule has 4 heteroatoms. The smallest absolute Gasteiger partial charge is 0.0819 e. The van der Waals surface area contributed by atoms with Crippen LogP contribution in [0.1, 0.15) is 24.2 Å². The highest BCUT2D eigenvalue weighted by atomic mass is 35.5. The van der Waals surface area contributed by atoms with Crippen molar-refractivity contribution in [2.75, 3.05) is 0 Å². The third-order valence-electron chi connectivity index (χ3n) is 2.51. The van der Waals surface area contributed by atoms with Gasteiger partial charge in [-0.1, -0.05) is 29.8 Å². The maximum absolute atomic E-state index is 6.00. The summed E-state index contributed by atoms with van der Waals surface area (Å²) in [6.45, 7) is 3.84. The fourth-order valence-corrected chi connectivity index (χ4v) is 1.77. The highest BCUT2D eigenvalue weighted by Gasteiger charge is 2.10. The number of hydrogen-bond acceptors (Lipinski definition) is 2. The van der Waals surface area contributed by atoms with Gasteiger partial charge in [-0.3, -0.25) is 0 Å². The van der Waals surface area contributed by atoms with Gasteiger partial charge in [-0.2, -0.15) is 5.10 Å². The average molecular weight is 236 g/mol. The molecule has 1 atom stereocenters. The Hall–Kier alpha value is -1.32. The molecule has 0 aliphatic carbocycles. The Labute approximate surface area is 99.8 Å². The van der Waals surface area contributed by atoms with Crippen molar-refractivity contribution in [2.24, 2.45) is 5.73 Å². The van der Waals surface area contributed by atoms with Gasteiger partial charge in [0.15, 0.2) is 0 Å². The first-order chi connectivity index (χ1) is 7.59. The van der Waals surface area contributed by atoms with Crippen LogP contribution in [0, 0.1) is 6.92 Å². The molecule has 1 aromatic heterocycles. The third-order valence-corrected chi connectivity index (χ3v) is 2.88. The molecule has 0 amide bonds. The van der Waals surface area contributed by atoms with Gasteiger partial charge in [0, 0.05) is 12.2 Å². The van der Waals surface area contributed by atoms with Crippen molar-refractivity contribution in [3.05, 3.63) is 46.7 Å². The largest absolute Gasteiger partial charge is 0.324 e. The van der Waals surface area contributed by atoms with Crippen LogP contribution in [0.3, 0.4) is 0 Å². The molecule has 2 rings (SSSR count). The summed E-state index contributed by atoms with van der Waals surface area (Å²) in [5.41, 5.74) is 8.78. The standard InChI is InChI=1S/C12H14ClN3/c1-8(14)10-5-3-4-6-12(10)16-7-11(13)9(2)15-16/h3-8H,14H2,1-2H3/t8-/m0/s1. The summed E-state index contributed by atoms with van der Waals surface area (Å²) in [5.74, 6) is 0. The van der Waals surface area contributed by atoms with Gasteiger partial charge in [-0.05, 0) is 25.5 Å². The highest BCUT2D eigenvalue weighted by Crippen LogP contribution is 2.22. The topological polar surface area (TPSA) is 43.8 Å². The zero-order valence-corrected chi connectivity index (χ0v) is 10.1. The van der Waals surface area contributed by atoms with Crippen molar-refractivity contribution in [3.63, 3.8) is 0 Å². The normalized spacial score (nSPS) is 12.8. The second kappa shape index (κ2) is 4.28. The summed E-state index contributed by atoms with van der Waals surface area (Å²) >= 11 is 6.00. The van der Waals surface area contributed by atoms with Crippen molar-refractivity contribution in [1.82, 2.24) is 9.78 Å². The zero-order valence-electron chi connectivity index (χ0n) is 9.31. The Balaban J connectivity index is 2.55. The maximum atomic E-state index is 6.00. The van der Waals surface area contributed by atoms with Gasteiger partial charge in [0.25, 0.3) is 0 Å². The second-order valence-electron chi connectivity index (χ2n) is 3.85. The first kappa shape index (κ1) is 11.2. The van der Waals surface area contributed by atoms with Gasteiger partial charge in [0.05, 0.1) is 16.4 Å². The Bertz CT molecular complexity index is 483. The lowest BCUT2D eigenvalue weighted by atomic mass is 10.1. The molecule has 0 radical (unpaired) electrons. The molecule has 2 N–H and O–H groups in total. The number of benzene rings is 1. The van der Waals surface area contributed by atoms with Crippen LogP contribution in [0.4, 0.5) is 0 Å². The highest BCUT2D eigenvalue weighted by molar-refractivity contribution is 6.31. The Morgan fingerprint density at radius 1 is 1.38 bits per heavy atom. The van der Waals surface area contributed by atoms with Crippen LogP contribution < -0.4 is 5.73 Å². The lowest BCUT2D eigenvalue weighted by Gasteiger charge is -2.12. The van der Waals surface area contributed by atoms with Gasteiger partial charge in [-0.25, -0.2) is 4.68 Å². The molecule has 0 aliphatic heterocycles. The van der Waals surface area contributed by atoms with Crippen LogP contribution in [0.25, 0.3) is 5.69 Å². The van der Waals surface area contributed by atoms with Gasteiger partial charge < -0.3 is 5.73 Å². The number of rotatable bonds is 2. The van der Waals surface area contributed by atoms with Gasteiger partial charge >= 0.3 is 0 Å². The Kier molecular flexibility index (Phi) is 2.99. The summed E-state index contributed by atoms with van der Waals surface area (Å²) < 4.78 is 1.77. The van der Waals surface area contributed by atoms with E-state index >= 15 is 0 Å². The fraction of sp³-hybridized carbons (Fsp3) is 0.250. The van der Waals surface area contributed by atoms with E-state index in [4.69, 9.17) is 17.3 Å². The van der Waals surface area contributed by atoms with Gasteiger partial charge in [0.2, 0.25) is 0 Å². The van der Waals surface area contributed by atoms with Crippen LogP contribution in [0.2, 0.25) is 5.02 Å². The molecule has 0 fully saturated rings. The molecule has 0 saturated heterocycles. The second-order valence-corrected chi connectivity index (χ2v) is 4.26. The molecule has 3 nitrogen and oxygen atoms in total. The molecule has 2 aromatic rings. The van der Waals surface area contributed by atoms with E-state index in [1.54, 1.807) is 10.9 Å². The SMILES string of the molecule is Cc1nn(-c2ccccc2[C@H](C)N)cc1Cl. The number of nitrogens with two attached hydrogens (primary N) is 1. The number of halogens is 1. The first-order valence-electron chi connectivity index (χ1n) is 5.16. The van der Waals surface area contributed by atoms with Crippen LogP contribution in [0.15, 0.2) is 30.5 Å². The number of hydrogen-bond donors (Lipinski definition) is 1. The Morgan fingerprint density at radius 2 is 2.06 bits per heavy atom. The number of aromatic nitrogens is 2. The lowest BCUT2D eigenvalue weighted by molar-refractivity contribution is 0.777. The first-order valence-corrected chi connectivity index (χ1v) is 5.54. The molecule has 1 aromatic carbocycles. The van der Waals surface area contributed by atoms with Crippen LogP contribution in [-0.2, 0) is 0 Å². The minimum Gasteiger partial charge on any atom is -0.324 e. The van der Waals surface area contributed by atoms with E-state index in [0.29, 0.717) is 5.02 Å². The van der Waals surface area contributed by atoms with Gasteiger partial charge in [0.1, 0.15) is 0 Å². The van der Waals surface area contributed by atoms with E-state index in [9.17, 15) is 0 Å². The Morgan fingerprint density at radius 3 is 2.62 bits per heavy atom. The van der Waals surface area contributed by atoms with Crippen molar-refractivity contribution < 1.29 is 0 Å².